The number of hydrogen-bond donors (Lipinski definition) is 2. The van der Waals surface area contributed by atoms with Gasteiger partial charge in [-0.2, -0.15) is 0 Å². The van der Waals surface area contributed by atoms with Crippen LogP contribution in [0.5, 0.6) is 0 Å². The van der Waals surface area contributed by atoms with Crippen molar-refractivity contribution >= 4 is 5.84 Å². The van der Waals surface area contributed by atoms with Gasteiger partial charge in [0.2, 0.25) is 0 Å². The molecule has 1 heterocycles. The summed E-state index contributed by atoms with van der Waals surface area (Å²) in [6.45, 7) is 4.71. The summed E-state index contributed by atoms with van der Waals surface area (Å²) in [6.07, 6.45) is 9.61. The average Bonchev–Trinajstić information content (AvgIpc) is 2.59. The minimum Gasteiger partial charge on any atom is -0.409 e. The molecular weight excluding hydrogens is 214 g/mol. The van der Waals surface area contributed by atoms with E-state index in [0.717, 1.165) is 25.4 Å². The molecule has 0 aromatic carbocycles. The van der Waals surface area contributed by atoms with Gasteiger partial charge >= 0.3 is 0 Å². The van der Waals surface area contributed by atoms with Crippen LogP contribution < -0.4 is 5.73 Å². The van der Waals surface area contributed by atoms with Crippen LogP contribution >= 0.6 is 0 Å². The summed E-state index contributed by atoms with van der Waals surface area (Å²) in [5, 5.41) is 11.5. The van der Waals surface area contributed by atoms with Crippen molar-refractivity contribution in [1.82, 2.24) is 4.90 Å². The van der Waals surface area contributed by atoms with E-state index in [1.54, 1.807) is 0 Å². The molecule has 0 aromatic heterocycles. The predicted molar refractivity (Wildman–Crippen MR) is 71.4 cm³/mol. The first-order chi connectivity index (χ1) is 8.27. The molecule has 0 radical (unpaired) electrons. The Bertz CT molecular complexity index is 231. The number of rotatable bonds is 6. The topological polar surface area (TPSA) is 61.8 Å². The van der Waals surface area contributed by atoms with Crippen LogP contribution in [0.4, 0.5) is 0 Å². The number of unbranched alkanes of at least 4 members (excludes halogenated alkanes) is 1. The molecular formula is C13H27N3O. The van der Waals surface area contributed by atoms with E-state index in [9.17, 15) is 0 Å². The van der Waals surface area contributed by atoms with Crippen molar-refractivity contribution in [2.75, 3.05) is 13.1 Å². The summed E-state index contributed by atoms with van der Waals surface area (Å²) < 4.78 is 0. The molecule has 4 nitrogen and oxygen atoms in total. The SMILES string of the molecule is CCC1CCCCCN1CCCCC(N)=NO. The molecule has 0 saturated carbocycles. The summed E-state index contributed by atoms with van der Waals surface area (Å²) in [6, 6.07) is 0.779. The number of amidine groups is 1. The molecule has 0 spiro atoms. The summed E-state index contributed by atoms with van der Waals surface area (Å²) in [5.74, 6) is 0.355. The van der Waals surface area contributed by atoms with E-state index >= 15 is 0 Å². The van der Waals surface area contributed by atoms with Gasteiger partial charge in [0.25, 0.3) is 0 Å². The maximum absolute atomic E-state index is 8.45. The predicted octanol–water partition coefficient (Wildman–Crippen LogP) is 2.56. The largest absolute Gasteiger partial charge is 0.409 e. The molecule has 1 aliphatic heterocycles. The lowest BCUT2D eigenvalue weighted by atomic mass is 10.1. The highest BCUT2D eigenvalue weighted by Gasteiger charge is 2.18. The Morgan fingerprint density at radius 2 is 2.18 bits per heavy atom. The van der Waals surface area contributed by atoms with E-state index < -0.39 is 0 Å². The highest BCUT2D eigenvalue weighted by atomic mass is 16.4. The van der Waals surface area contributed by atoms with Gasteiger partial charge in [0.05, 0.1) is 0 Å². The van der Waals surface area contributed by atoms with E-state index in [1.165, 1.54) is 38.6 Å². The Hall–Kier alpha value is -0.770. The zero-order chi connectivity index (χ0) is 12.5. The summed E-state index contributed by atoms with van der Waals surface area (Å²) in [5.41, 5.74) is 5.46. The first-order valence-electron chi connectivity index (χ1n) is 6.98. The molecule has 0 amide bonds. The van der Waals surface area contributed by atoms with Gasteiger partial charge in [-0.15, -0.1) is 0 Å². The molecule has 3 N–H and O–H groups in total. The van der Waals surface area contributed by atoms with Crippen LogP contribution in [0.25, 0.3) is 0 Å². The first-order valence-corrected chi connectivity index (χ1v) is 6.98. The normalized spacial score (nSPS) is 23.6. The molecule has 1 unspecified atom stereocenters. The van der Waals surface area contributed by atoms with Gasteiger partial charge in [-0.05, 0) is 45.2 Å². The van der Waals surface area contributed by atoms with Gasteiger partial charge in [-0.1, -0.05) is 24.9 Å². The van der Waals surface area contributed by atoms with E-state index in [1.807, 2.05) is 0 Å². The smallest absolute Gasteiger partial charge is 0.139 e. The van der Waals surface area contributed by atoms with Crippen molar-refractivity contribution in [3.63, 3.8) is 0 Å². The first kappa shape index (κ1) is 14.3. The lowest BCUT2D eigenvalue weighted by molar-refractivity contribution is 0.191. The Morgan fingerprint density at radius 3 is 2.88 bits per heavy atom. The maximum atomic E-state index is 8.45. The van der Waals surface area contributed by atoms with Crippen molar-refractivity contribution in [2.45, 2.75) is 64.3 Å². The highest BCUT2D eigenvalue weighted by Crippen LogP contribution is 2.19. The molecule has 1 aliphatic rings. The minimum absolute atomic E-state index is 0.355. The molecule has 17 heavy (non-hydrogen) atoms. The minimum atomic E-state index is 0.355. The molecule has 0 bridgehead atoms. The average molecular weight is 241 g/mol. The molecule has 0 aromatic rings. The highest BCUT2D eigenvalue weighted by molar-refractivity contribution is 5.79. The van der Waals surface area contributed by atoms with Gasteiger partial charge in [0.15, 0.2) is 0 Å². The molecule has 1 saturated heterocycles. The van der Waals surface area contributed by atoms with E-state index in [-0.39, 0.29) is 0 Å². The molecule has 1 rings (SSSR count). The molecule has 4 heteroatoms. The third-order valence-electron chi connectivity index (χ3n) is 3.73. The lowest BCUT2D eigenvalue weighted by Gasteiger charge is -2.29. The second kappa shape index (κ2) is 8.34. The Labute approximate surface area is 105 Å². The second-order valence-electron chi connectivity index (χ2n) is 5.00. The zero-order valence-electron chi connectivity index (χ0n) is 11.1. The van der Waals surface area contributed by atoms with Gasteiger partial charge < -0.3 is 15.8 Å². The van der Waals surface area contributed by atoms with Crippen molar-refractivity contribution in [2.24, 2.45) is 10.9 Å². The fourth-order valence-corrected chi connectivity index (χ4v) is 2.66. The number of nitrogens with zero attached hydrogens (tertiary/aromatic N) is 2. The quantitative estimate of drug-likeness (QED) is 0.247. The number of likely N-dealkylation sites (tertiary alicyclic amines) is 1. The van der Waals surface area contributed by atoms with E-state index in [2.05, 4.69) is 17.0 Å². The van der Waals surface area contributed by atoms with Crippen molar-refractivity contribution in [1.29, 1.82) is 0 Å². The fraction of sp³-hybridized carbons (Fsp3) is 0.923. The van der Waals surface area contributed by atoms with E-state index in [0.29, 0.717) is 12.3 Å². The summed E-state index contributed by atoms with van der Waals surface area (Å²) >= 11 is 0. The second-order valence-corrected chi connectivity index (χ2v) is 5.00. The third-order valence-corrected chi connectivity index (χ3v) is 3.73. The van der Waals surface area contributed by atoms with Crippen LogP contribution in [0, 0.1) is 0 Å². The summed E-state index contributed by atoms with van der Waals surface area (Å²) in [7, 11) is 0. The molecule has 1 fully saturated rings. The maximum Gasteiger partial charge on any atom is 0.139 e. The summed E-state index contributed by atoms with van der Waals surface area (Å²) in [4.78, 5) is 2.64. The van der Waals surface area contributed by atoms with Crippen LogP contribution in [0.2, 0.25) is 0 Å². The Kier molecular flexibility index (Phi) is 7.01. The standard InChI is InChI=1S/C13H27N3O/c1-2-12-8-4-3-6-10-16(12)11-7-5-9-13(14)15-17/h12,17H,2-11H2,1H3,(H2,14,15). The monoisotopic (exact) mass is 241 g/mol. The number of oxime groups is 1. The molecule has 1 atom stereocenters. The van der Waals surface area contributed by atoms with Crippen LogP contribution in [-0.4, -0.2) is 35.1 Å². The molecule has 100 valence electrons. The van der Waals surface area contributed by atoms with Crippen LogP contribution in [-0.2, 0) is 0 Å². The fourth-order valence-electron chi connectivity index (χ4n) is 2.66. The Balaban J connectivity index is 2.23. The van der Waals surface area contributed by atoms with Gasteiger partial charge in [-0.25, -0.2) is 0 Å². The zero-order valence-corrected chi connectivity index (χ0v) is 11.1. The third kappa shape index (κ3) is 5.39. The van der Waals surface area contributed by atoms with Gasteiger partial charge in [0.1, 0.15) is 5.84 Å². The Morgan fingerprint density at radius 1 is 1.35 bits per heavy atom. The van der Waals surface area contributed by atoms with Crippen molar-refractivity contribution in [3.05, 3.63) is 0 Å². The van der Waals surface area contributed by atoms with Crippen LogP contribution in [0.3, 0.4) is 0 Å². The van der Waals surface area contributed by atoms with Crippen LogP contribution in [0.15, 0.2) is 5.16 Å². The van der Waals surface area contributed by atoms with E-state index in [4.69, 9.17) is 10.9 Å². The number of nitrogens with two attached hydrogens (primary N) is 1. The van der Waals surface area contributed by atoms with Gasteiger partial charge in [-0.3, -0.25) is 0 Å². The molecule has 0 aliphatic carbocycles. The van der Waals surface area contributed by atoms with Crippen molar-refractivity contribution < 1.29 is 5.21 Å². The number of hydrogen-bond acceptors (Lipinski definition) is 3. The van der Waals surface area contributed by atoms with Gasteiger partial charge in [0, 0.05) is 12.5 Å². The van der Waals surface area contributed by atoms with Crippen molar-refractivity contribution in [3.8, 4) is 0 Å². The van der Waals surface area contributed by atoms with Crippen LogP contribution in [0.1, 0.15) is 58.3 Å². The lowest BCUT2D eigenvalue weighted by Crippen LogP contribution is -2.35.